The van der Waals surface area contributed by atoms with Crippen molar-refractivity contribution in [3.63, 3.8) is 0 Å². The summed E-state index contributed by atoms with van der Waals surface area (Å²) >= 11 is 0. The molecule has 0 amide bonds. The number of phenolic OH excluding ortho intramolecular Hbond substituents is 3. The molecule has 0 aliphatic carbocycles. The minimum Gasteiger partial charge on any atom is -0.495 e. The number of hydrogen-bond donors (Lipinski definition) is 3. The number of aromatic hydroxyl groups is 3. The van der Waals surface area contributed by atoms with Crippen LogP contribution in [0.5, 0.6) is 17.2 Å². The van der Waals surface area contributed by atoms with Crippen LogP contribution in [0.1, 0.15) is 0 Å². The summed E-state index contributed by atoms with van der Waals surface area (Å²) in [5.41, 5.74) is -2.39. The van der Waals surface area contributed by atoms with Gasteiger partial charge in [0.2, 0.25) is 16.2 Å². The fourth-order valence-corrected chi connectivity index (χ4v) is 0.957. The van der Waals surface area contributed by atoms with Crippen molar-refractivity contribution in [2.75, 3.05) is 0 Å². The van der Waals surface area contributed by atoms with Crippen LogP contribution < -0.4 is 0 Å². The third-order valence-corrected chi connectivity index (χ3v) is 1.65. The fraction of sp³-hybridized carbons (Fsp3) is 0. The molecule has 15 heavy (non-hydrogen) atoms. The molecule has 3 N–H and O–H groups in total. The molecule has 0 unspecified atom stereocenters. The lowest BCUT2D eigenvalue weighted by molar-refractivity contribution is 0.440. The molecule has 0 aliphatic heterocycles. The maximum absolute atomic E-state index is 9.22. The number of nitrogens with zero attached hydrogens (tertiary/aromatic N) is 6. The topological polar surface area (TPSA) is 145 Å². The summed E-state index contributed by atoms with van der Waals surface area (Å²) in [5.74, 6) is -2.91. The average Bonchev–Trinajstić information content (AvgIpc) is 2.19. The largest absolute Gasteiger partial charge is 0.495 e. The lowest BCUT2D eigenvalue weighted by atomic mass is 10.2. The van der Waals surface area contributed by atoms with Crippen LogP contribution in [0.3, 0.4) is 0 Å². The van der Waals surface area contributed by atoms with Crippen molar-refractivity contribution in [1.29, 1.82) is 16.2 Å². The molecule has 72 valence electrons. The van der Waals surface area contributed by atoms with Gasteiger partial charge in [-0.25, -0.2) is 0 Å². The van der Waals surface area contributed by atoms with Gasteiger partial charge in [-0.3, -0.25) is 0 Å². The molecule has 9 nitrogen and oxygen atoms in total. The maximum atomic E-state index is 9.22. The Labute approximate surface area is 81.7 Å². The predicted molar refractivity (Wildman–Crippen MR) is 45.7 cm³/mol. The number of phenols is 3. The van der Waals surface area contributed by atoms with Crippen LogP contribution in [0.2, 0.25) is 0 Å². The van der Waals surface area contributed by atoms with Gasteiger partial charge in [0.1, 0.15) is 0 Å². The molecular weight excluding hydrogens is 204 g/mol. The first kappa shape index (κ1) is 9.96. The van der Waals surface area contributed by atoms with Crippen LogP contribution >= 0.6 is 0 Å². The van der Waals surface area contributed by atoms with Gasteiger partial charge < -0.3 is 15.3 Å². The minimum absolute atomic E-state index is 0.798. The lowest BCUT2D eigenvalue weighted by Gasteiger charge is -1.87. The van der Waals surface area contributed by atoms with Crippen LogP contribution in [0, 0.1) is 16.2 Å². The van der Waals surface area contributed by atoms with Crippen LogP contribution in [0.15, 0.2) is 0 Å². The van der Waals surface area contributed by atoms with Gasteiger partial charge in [0.25, 0.3) is 0 Å². The standard InChI is InChI=1S/C6N6O3/c7-10-1-4(13)2(11-8)6(15)3(12-9)5(1)14/p+3. The van der Waals surface area contributed by atoms with Crippen LogP contribution in [0.25, 0.3) is 14.9 Å². The summed E-state index contributed by atoms with van der Waals surface area (Å²) < 4.78 is 0. The summed E-state index contributed by atoms with van der Waals surface area (Å²) in [6, 6.07) is 0. The van der Waals surface area contributed by atoms with Crippen molar-refractivity contribution in [2.24, 2.45) is 0 Å². The van der Waals surface area contributed by atoms with E-state index >= 15 is 0 Å². The predicted octanol–water partition coefficient (Wildman–Crippen LogP) is 2.26. The number of hydrogen-bond acceptors (Lipinski definition) is 6. The summed E-state index contributed by atoms with van der Waals surface area (Å²) in [4.78, 5) is 7.42. The van der Waals surface area contributed by atoms with E-state index in [-0.39, 0.29) is 0 Å². The number of diazo groups is 3. The zero-order chi connectivity index (χ0) is 11.6. The first-order chi connectivity index (χ1) is 7.08. The summed E-state index contributed by atoms with van der Waals surface area (Å²) in [5, 5.41) is 52.9. The van der Waals surface area contributed by atoms with Crippen LogP contribution in [-0.2, 0) is 0 Å². The van der Waals surface area contributed by atoms with Crippen molar-refractivity contribution in [2.45, 2.75) is 0 Å². The smallest absolute Gasteiger partial charge is 0.484 e. The van der Waals surface area contributed by atoms with E-state index in [4.69, 9.17) is 16.2 Å². The first-order valence-electron chi connectivity index (χ1n) is 3.44. The number of rotatable bonds is 0. The lowest BCUT2D eigenvalue weighted by Crippen LogP contribution is -1.74. The quantitative estimate of drug-likeness (QED) is 0.556. The van der Waals surface area contributed by atoms with Gasteiger partial charge in [0.15, 0.2) is 14.9 Å². The second-order valence-electron chi connectivity index (χ2n) is 2.39. The van der Waals surface area contributed by atoms with Crippen molar-refractivity contribution in [3.8, 4) is 17.2 Å². The van der Waals surface area contributed by atoms with Gasteiger partial charge in [-0.05, 0) is 0 Å². The van der Waals surface area contributed by atoms with Gasteiger partial charge in [0, 0.05) is 0 Å². The van der Waals surface area contributed by atoms with Crippen LogP contribution in [0.4, 0.5) is 17.1 Å². The summed E-state index contributed by atoms with van der Waals surface area (Å²) in [6.45, 7) is 0. The monoisotopic (exact) mass is 207 g/mol. The van der Waals surface area contributed by atoms with Gasteiger partial charge in [0.05, 0.1) is 0 Å². The fourth-order valence-electron chi connectivity index (χ4n) is 0.957. The molecule has 1 aromatic rings. The molecule has 0 spiro atoms. The molecular formula is C6H3N6O3+3. The highest BCUT2D eigenvalue weighted by atomic mass is 16.3. The zero-order valence-electron chi connectivity index (χ0n) is 7.02. The Bertz CT molecular complexity index is 458. The summed E-state index contributed by atoms with van der Waals surface area (Å²) in [7, 11) is 0. The van der Waals surface area contributed by atoms with E-state index in [1.54, 1.807) is 0 Å². The van der Waals surface area contributed by atoms with E-state index in [1.165, 1.54) is 0 Å². The van der Waals surface area contributed by atoms with E-state index in [0.29, 0.717) is 0 Å². The molecule has 0 radical (unpaired) electrons. The van der Waals surface area contributed by atoms with Crippen LogP contribution in [-0.4, -0.2) is 15.3 Å². The Morgan fingerprint density at radius 3 is 0.933 bits per heavy atom. The van der Waals surface area contributed by atoms with Gasteiger partial charge in [-0.15, -0.1) is 0 Å². The number of benzene rings is 1. The van der Waals surface area contributed by atoms with Gasteiger partial charge >= 0.3 is 34.3 Å². The SMILES string of the molecule is N#[N+]c1c(O)c([N+]#N)c(O)c([N+]#N)c1O. The van der Waals surface area contributed by atoms with Gasteiger partial charge in [-0.1, -0.05) is 0 Å². The first-order valence-corrected chi connectivity index (χ1v) is 3.44. The molecule has 0 saturated heterocycles. The molecule has 9 heteroatoms. The molecule has 0 fully saturated rings. The van der Waals surface area contributed by atoms with Crippen molar-refractivity contribution >= 4 is 17.1 Å². The second kappa shape index (κ2) is 3.32. The normalized spacial score (nSPS) is 8.60. The zero-order valence-corrected chi connectivity index (χ0v) is 7.02. The molecule has 1 rings (SSSR count). The van der Waals surface area contributed by atoms with Gasteiger partial charge in [-0.2, -0.15) is 0 Å². The third kappa shape index (κ3) is 1.19. The molecule has 0 heterocycles. The Morgan fingerprint density at radius 2 is 0.800 bits per heavy atom. The average molecular weight is 207 g/mol. The molecule has 0 bridgehead atoms. The highest BCUT2D eigenvalue weighted by Gasteiger charge is 2.45. The molecule has 0 aromatic heterocycles. The Kier molecular flexibility index (Phi) is 2.21. The van der Waals surface area contributed by atoms with Crippen molar-refractivity contribution in [3.05, 3.63) is 14.9 Å². The molecule has 0 aliphatic rings. The third-order valence-electron chi connectivity index (χ3n) is 1.65. The Morgan fingerprint density at radius 1 is 0.600 bits per heavy atom. The highest BCUT2D eigenvalue weighted by molar-refractivity contribution is 5.91. The highest BCUT2D eigenvalue weighted by Crippen LogP contribution is 2.55. The minimum atomic E-state index is -0.970. The van der Waals surface area contributed by atoms with E-state index in [9.17, 15) is 15.3 Å². The van der Waals surface area contributed by atoms with E-state index in [1.807, 2.05) is 0 Å². The Hall–Kier alpha value is -3.12. The summed E-state index contributed by atoms with van der Waals surface area (Å²) in [6.07, 6.45) is 0. The van der Waals surface area contributed by atoms with E-state index in [0.717, 1.165) is 0 Å². The molecule has 1 aromatic carbocycles. The van der Waals surface area contributed by atoms with E-state index in [2.05, 4.69) is 14.9 Å². The second-order valence-corrected chi connectivity index (χ2v) is 2.39. The van der Waals surface area contributed by atoms with Crippen molar-refractivity contribution < 1.29 is 15.3 Å². The Balaban J connectivity index is 3.88. The van der Waals surface area contributed by atoms with E-state index < -0.39 is 34.3 Å². The maximum Gasteiger partial charge on any atom is 0.484 e. The van der Waals surface area contributed by atoms with Crippen molar-refractivity contribution in [1.82, 2.24) is 0 Å². The molecule has 0 saturated carbocycles. The molecule has 0 atom stereocenters.